The first-order valence-corrected chi connectivity index (χ1v) is 7.74. The molecule has 0 amide bonds. The number of thioether (sulfide) groups is 1. The van der Waals surface area contributed by atoms with Crippen molar-refractivity contribution in [1.82, 2.24) is 14.7 Å². The molecule has 1 aromatic heterocycles. The molecule has 3 nitrogen and oxygen atoms in total. The van der Waals surface area contributed by atoms with E-state index in [4.69, 9.17) is 0 Å². The third kappa shape index (κ3) is 4.80. The lowest BCUT2D eigenvalue weighted by Gasteiger charge is -2.13. The molecular weight excluding hydrogens is 238 g/mol. The molecule has 0 atom stereocenters. The van der Waals surface area contributed by atoms with Crippen LogP contribution >= 0.6 is 23.3 Å². The van der Waals surface area contributed by atoms with E-state index in [1.807, 2.05) is 0 Å². The summed E-state index contributed by atoms with van der Waals surface area (Å²) in [4.78, 5) is 4.43. The Bertz CT molecular complexity index is 285. The smallest absolute Gasteiger partial charge is 0.170 e. The minimum absolute atomic E-state index is 0.668. The lowest BCUT2D eigenvalue weighted by molar-refractivity contribution is 0.501. The number of aromatic nitrogens is 2. The summed E-state index contributed by atoms with van der Waals surface area (Å²) in [5.74, 6) is 2.05. The molecule has 0 radical (unpaired) electrons. The summed E-state index contributed by atoms with van der Waals surface area (Å²) >= 11 is 3.32. The second-order valence-electron chi connectivity index (χ2n) is 3.65. The lowest BCUT2D eigenvalue weighted by Crippen LogP contribution is -2.29. The Morgan fingerprint density at radius 3 is 2.62 bits per heavy atom. The van der Waals surface area contributed by atoms with Crippen molar-refractivity contribution < 1.29 is 0 Å². The van der Waals surface area contributed by atoms with E-state index in [2.05, 4.69) is 35.4 Å². The van der Waals surface area contributed by atoms with Gasteiger partial charge in [0.15, 0.2) is 4.34 Å². The summed E-state index contributed by atoms with van der Waals surface area (Å²) in [6.45, 7) is 7.60. The highest BCUT2D eigenvalue weighted by Crippen LogP contribution is 2.19. The van der Waals surface area contributed by atoms with Gasteiger partial charge in [-0.25, -0.2) is 4.98 Å². The molecule has 0 saturated heterocycles. The fourth-order valence-corrected chi connectivity index (χ4v) is 3.06. The molecule has 92 valence electrons. The predicted octanol–water partition coefficient (Wildman–Crippen LogP) is 2.97. The molecule has 1 heterocycles. The van der Waals surface area contributed by atoms with E-state index >= 15 is 0 Å². The van der Waals surface area contributed by atoms with Gasteiger partial charge in [-0.05, 0) is 24.4 Å². The zero-order valence-corrected chi connectivity index (χ0v) is 12.0. The minimum Gasteiger partial charge on any atom is -0.313 e. The zero-order valence-electron chi connectivity index (χ0n) is 10.3. The first-order chi connectivity index (χ1) is 7.80. The van der Waals surface area contributed by atoms with Gasteiger partial charge in [0.25, 0.3) is 0 Å². The van der Waals surface area contributed by atoms with E-state index in [-0.39, 0.29) is 0 Å². The van der Waals surface area contributed by atoms with Crippen LogP contribution in [0.25, 0.3) is 0 Å². The second kappa shape index (κ2) is 8.03. The number of hydrogen-bond acceptors (Lipinski definition) is 5. The standard InChI is InChI=1S/C11H21N3S2/c1-4-9(5-2)12-7-8-15-11-13-10(6-3)14-16-11/h9,12H,4-8H2,1-3H3. The quantitative estimate of drug-likeness (QED) is 0.575. The molecule has 0 saturated carbocycles. The molecule has 0 unspecified atom stereocenters. The Labute approximate surface area is 107 Å². The fourth-order valence-electron chi connectivity index (χ4n) is 1.42. The summed E-state index contributed by atoms with van der Waals surface area (Å²) in [6.07, 6.45) is 3.35. The molecule has 1 N–H and O–H groups in total. The van der Waals surface area contributed by atoms with Crippen molar-refractivity contribution in [1.29, 1.82) is 0 Å². The van der Waals surface area contributed by atoms with E-state index in [9.17, 15) is 0 Å². The van der Waals surface area contributed by atoms with Crippen LogP contribution in [0.2, 0.25) is 0 Å². The van der Waals surface area contributed by atoms with Crippen LogP contribution in [0, 0.1) is 0 Å². The fraction of sp³-hybridized carbons (Fsp3) is 0.818. The summed E-state index contributed by atoms with van der Waals surface area (Å²) < 4.78 is 5.37. The van der Waals surface area contributed by atoms with Gasteiger partial charge < -0.3 is 5.32 Å². The predicted molar refractivity (Wildman–Crippen MR) is 72.4 cm³/mol. The monoisotopic (exact) mass is 259 g/mol. The van der Waals surface area contributed by atoms with Crippen LogP contribution in [0.4, 0.5) is 0 Å². The Hall–Kier alpha value is -0.130. The van der Waals surface area contributed by atoms with Crippen molar-refractivity contribution in [2.24, 2.45) is 0 Å². The van der Waals surface area contributed by atoms with Gasteiger partial charge in [-0.3, -0.25) is 0 Å². The molecule has 1 rings (SSSR count). The number of nitrogens with zero attached hydrogens (tertiary/aromatic N) is 2. The normalized spacial score (nSPS) is 11.2. The maximum Gasteiger partial charge on any atom is 0.170 e. The third-order valence-electron chi connectivity index (χ3n) is 2.51. The molecule has 5 heteroatoms. The molecule has 0 spiro atoms. The van der Waals surface area contributed by atoms with E-state index < -0.39 is 0 Å². The highest BCUT2D eigenvalue weighted by atomic mass is 32.2. The van der Waals surface area contributed by atoms with E-state index in [1.54, 1.807) is 11.8 Å². The van der Waals surface area contributed by atoms with Crippen LogP contribution in [-0.4, -0.2) is 27.7 Å². The van der Waals surface area contributed by atoms with Gasteiger partial charge in [0.2, 0.25) is 0 Å². The number of nitrogens with one attached hydrogen (secondary N) is 1. The molecule has 0 fully saturated rings. The van der Waals surface area contributed by atoms with Gasteiger partial charge in [-0.2, -0.15) is 4.37 Å². The van der Waals surface area contributed by atoms with E-state index in [1.165, 1.54) is 24.4 Å². The molecule has 16 heavy (non-hydrogen) atoms. The Morgan fingerprint density at radius 1 is 1.31 bits per heavy atom. The van der Waals surface area contributed by atoms with Crippen LogP contribution in [0.3, 0.4) is 0 Å². The van der Waals surface area contributed by atoms with Gasteiger partial charge in [-0.1, -0.05) is 32.5 Å². The highest BCUT2D eigenvalue weighted by molar-refractivity contribution is 8.00. The minimum atomic E-state index is 0.668. The zero-order chi connectivity index (χ0) is 11.8. The molecule has 1 aromatic rings. The molecule has 0 aliphatic rings. The van der Waals surface area contributed by atoms with Crippen molar-refractivity contribution in [3.05, 3.63) is 5.82 Å². The molecule has 0 aliphatic heterocycles. The Morgan fingerprint density at radius 2 is 2.06 bits per heavy atom. The first kappa shape index (κ1) is 13.9. The molecular formula is C11H21N3S2. The average Bonchev–Trinajstić information content (AvgIpc) is 2.77. The van der Waals surface area contributed by atoms with Crippen molar-refractivity contribution >= 4 is 23.3 Å². The Kier molecular flexibility index (Phi) is 7.00. The number of aryl methyl sites for hydroxylation is 1. The van der Waals surface area contributed by atoms with Crippen molar-refractivity contribution in [2.75, 3.05) is 12.3 Å². The van der Waals surface area contributed by atoms with Gasteiger partial charge >= 0.3 is 0 Å². The van der Waals surface area contributed by atoms with E-state index in [0.717, 1.165) is 28.9 Å². The highest BCUT2D eigenvalue weighted by Gasteiger charge is 2.04. The van der Waals surface area contributed by atoms with Gasteiger partial charge in [0.05, 0.1) is 0 Å². The van der Waals surface area contributed by atoms with Crippen molar-refractivity contribution in [3.63, 3.8) is 0 Å². The van der Waals surface area contributed by atoms with Crippen LogP contribution in [0.5, 0.6) is 0 Å². The largest absolute Gasteiger partial charge is 0.313 e. The van der Waals surface area contributed by atoms with E-state index in [0.29, 0.717) is 6.04 Å². The lowest BCUT2D eigenvalue weighted by atomic mass is 10.2. The summed E-state index contributed by atoms with van der Waals surface area (Å²) in [7, 11) is 0. The third-order valence-corrected chi connectivity index (χ3v) is 4.39. The van der Waals surface area contributed by atoms with Crippen LogP contribution in [0.1, 0.15) is 39.4 Å². The van der Waals surface area contributed by atoms with Gasteiger partial charge in [0.1, 0.15) is 5.82 Å². The van der Waals surface area contributed by atoms with Crippen LogP contribution in [0.15, 0.2) is 4.34 Å². The van der Waals surface area contributed by atoms with Crippen molar-refractivity contribution in [3.8, 4) is 0 Å². The molecule has 0 bridgehead atoms. The second-order valence-corrected chi connectivity index (χ2v) is 5.74. The van der Waals surface area contributed by atoms with Crippen LogP contribution in [-0.2, 0) is 6.42 Å². The average molecular weight is 259 g/mol. The topological polar surface area (TPSA) is 37.8 Å². The van der Waals surface area contributed by atoms with Gasteiger partial charge in [0, 0.05) is 24.8 Å². The maximum absolute atomic E-state index is 4.43. The number of hydrogen-bond donors (Lipinski definition) is 1. The Balaban J connectivity index is 2.15. The summed E-state index contributed by atoms with van der Waals surface area (Å²) in [6, 6.07) is 0.668. The van der Waals surface area contributed by atoms with Crippen molar-refractivity contribution in [2.45, 2.75) is 50.4 Å². The summed E-state index contributed by atoms with van der Waals surface area (Å²) in [5.41, 5.74) is 0. The maximum atomic E-state index is 4.43. The molecule has 0 aliphatic carbocycles. The number of rotatable bonds is 8. The first-order valence-electron chi connectivity index (χ1n) is 5.98. The van der Waals surface area contributed by atoms with Gasteiger partial charge in [-0.15, -0.1) is 0 Å². The molecule has 0 aromatic carbocycles. The van der Waals surface area contributed by atoms with Crippen LogP contribution < -0.4 is 5.32 Å². The summed E-state index contributed by atoms with van der Waals surface area (Å²) in [5, 5.41) is 3.55. The SMILES string of the molecule is CCc1nsc(SCCNC(CC)CC)n1.